The van der Waals surface area contributed by atoms with E-state index in [2.05, 4.69) is 29.6 Å². The Labute approximate surface area is 173 Å². The van der Waals surface area contributed by atoms with Crippen molar-refractivity contribution in [2.24, 2.45) is 17.8 Å². The molecular weight excluding hydrogens is 368 g/mol. The minimum Gasteiger partial charge on any atom is -0.461 e. The quantitative estimate of drug-likeness (QED) is 0.547. The molecule has 0 bridgehead atoms. The number of nitrogens with one attached hydrogen (secondary N) is 1. The number of likely N-dealkylation sites (tertiary alicyclic amines) is 1. The zero-order valence-corrected chi connectivity index (χ0v) is 17.5. The van der Waals surface area contributed by atoms with Gasteiger partial charge in [0.1, 0.15) is 6.10 Å². The van der Waals surface area contributed by atoms with Crippen molar-refractivity contribution in [3.8, 4) is 0 Å². The number of amides is 2. The first-order chi connectivity index (χ1) is 14.0. The summed E-state index contributed by atoms with van der Waals surface area (Å²) < 4.78 is 5.56. The number of rotatable bonds is 6. The highest BCUT2D eigenvalue weighted by atomic mass is 16.5. The summed E-state index contributed by atoms with van der Waals surface area (Å²) >= 11 is 0. The largest absolute Gasteiger partial charge is 0.461 e. The van der Waals surface area contributed by atoms with E-state index in [0.29, 0.717) is 32.5 Å². The Morgan fingerprint density at radius 2 is 1.55 bits per heavy atom. The topological polar surface area (TPSA) is 75.7 Å². The highest BCUT2D eigenvalue weighted by Crippen LogP contribution is 2.25. The van der Waals surface area contributed by atoms with Crippen LogP contribution >= 0.6 is 0 Å². The van der Waals surface area contributed by atoms with Gasteiger partial charge in [-0.25, -0.2) is 0 Å². The second-order valence-electron chi connectivity index (χ2n) is 8.55. The number of piperidine rings is 1. The van der Waals surface area contributed by atoms with Crippen molar-refractivity contribution in [1.29, 1.82) is 0 Å². The summed E-state index contributed by atoms with van der Waals surface area (Å²) in [5.74, 6) is 0.0413. The summed E-state index contributed by atoms with van der Waals surface area (Å²) in [6, 6.07) is 0. The fourth-order valence-electron chi connectivity index (χ4n) is 4.37. The molecule has 3 rings (SSSR count). The molecule has 0 aromatic carbocycles. The molecule has 1 heterocycles. The van der Waals surface area contributed by atoms with E-state index in [1.807, 2.05) is 11.8 Å². The number of carbonyl (C=O) groups is 3. The van der Waals surface area contributed by atoms with Crippen LogP contribution in [0.3, 0.4) is 0 Å². The normalized spacial score (nSPS) is 26.0. The van der Waals surface area contributed by atoms with Gasteiger partial charge in [0.05, 0.1) is 12.5 Å². The molecule has 0 spiro atoms. The van der Waals surface area contributed by atoms with Gasteiger partial charge in [-0.2, -0.15) is 0 Å². The van der Waals surface area contributed by atoms with Crippen LogP contribution in [-0.2, 0) is 19.1 Å². The van der Waals surface area contributed by atoms with Gasteiger partial charge < -0.3 is 15.0 Å². The number of allylic oxidation sites excluding steroid dienone is 4. The molecule has 6 nitrogen and oxygen atoms in total. The van der Waals surface area contributed by atoms with Gasteiger partial charge in [-0.3, -0.25) is 14.4 Å². The molecule has 3 atom stereocenters. The van der Waals surface area contributed by atoms with E-state index in [9.17, 15) is 14.4 Å². The van der Waals surface area contributed by atoms with Crippen molar-refractivity contribution in [3.63, 3.8) is 0 Å². The molecule has 29 heavy (non-hydrogen) atoms. The zero-order valence-electron chi connectivity index (χ0n) is 17.5. The minimum atomic E-state index is -0.348. The SMILES string of the molecule is CC(CNC(=O)C1CC=CCC1)OC(=O)C1CCN(C(=O)C2CC=CCC2)CC1. The molecule has 0 radical (unpaired) electrons. The van der Waals surface area contributed by atoms with E-state index in [1.165, 1.54) is 0 Å². The number of nitrogens with zero attached hydrogens (tertiary/aromatic N) is 1. The molecular formula is C23H34N2O4. The Balaban J connectivity index is 1.35. The maximum Gasteiger partial charge on any atom is 0.309 e. The Morgan fingerprint density at radius 1 is 0.931 bits per heavy atom. The van der Waals surface area contributed by atoms with Crippen LogP contribution in [0.4, 0.5) is 0 Å². The van der Waals surface area contributed by atoms with Gasteiger partial charge in [-0.1, -0.05) is 24.3 Å². The Hall–Kier alpha value is -2.11. The average molecular weight is 403 g/mol. The fourth-order valence-corrected chi connectivity index (χ4v) is 4.37. The Kier molecular flexibility index (Phi) is 7.90. The van der Waals surface area contributed by atoms with Crippen LogP contribution in [0, 0.1) is 17.8 Å². The maximum atomic E-state index is 12.6. The lowest BCUT2D eigenvalue weighted by Crippen LogP contribution is -2.44. The summed E-state index contributed by atoms with van der Waals surface area (Å²) in [4.78, 5) is 39.2. The number of ether oxygens (including phenoxy) is 1. The standard InChI is InChI=1S/C23H34N2O4/c1-17(16-24-21(26)18-8-4-2-5-9-18)29-23(28)20-12-14-25(15-13-20)22(27)19-10-6-3-7-11-19/h2-4,6,17-20H,5,7-16H2,1H3,(H,24,26). The van der Waals surface area contributed by atoms with Crippen molar-refractivity contribution in [2.45, 2.75) is 64.4 Å². The molecule has 2 amide bonds. The molecule has 0 saturated carbocycles. The number of hydrogen-bond acceptors (Lipinski definition) is 4. The van der Waals surface area contributed by atoms with E-state index >= 15 is 0 Å². The molecule has 1 saturated heterocycles. The van der Waals surface area contributed by atoms with E-state index in [1.54, 1.807) is 0 Å². The van der Waals surface area contributed by atoms with Gasteiger partial charge in [0, 0.05) is 24.9 Å². The number of esters is 1. The van der Waals surface area contributed by atoms with E-state index in [-0.39, 0.29) is 41.6 Å². The first-order valence-electron chi connectivity index (χ1n) is 11.1. The molecule has 0 aromatic heterocycles. The van der Waals surface area contributed by atoms with Crippen LogP contribution in [0.1, 0.15) is 58.3 Å². The Bertz CT molecular complexity index is 649. The zero-order chi connectivity index (χ0) is 20.6. The van der Waals surface area contributed by atoms with E-state index in [4.69, 9.17) is 4.74 Å². The van der Waals surface area contributed by atoms with Crippen LogP contribution in [-0.4, -0.2) is 48.4 Å². The highest BCUT2D eigenvalue weighted by molar-refractivity contribution is 5.80. The van der Waals surface area contributed by atoms with Gasteiger partial charge >= 0.3 is 5.97 Å². The third-order valence-corrected chi connectivity index (χ3v) is 6.28. The van der Waals surface area contributed by atoms with E-state index in [0.717, 1.165) is 38.5 Å². The first-order valence-corrected chi connectivity index (χ1v) is 11.1. The molecule has 1 N–H and O–H groups in total. The summed E-state index contributed by atoms with van der Waals surface area (Å²) in [5, 5.41) is 2.91. The summed E-state index contributed by atoms with van der Waals surface area (Å²) in [6.45, 7) is 3.41. The van der Waals surface area contributed by atoms with Crippen molar-refractivity contribution in [3.05, 3.63) is 24.3 Å². The lowest BCUT2D eigenvalue weighted by Gasteiger charge is -2.34. The Morgan fingerprint density at radius 3 is 2.14 bits per heavy atom. The third kappa shape index (κ3) is 6.18. The summed E-state index contributed by atoms with van der Waals surface area (Å²) in [6.07, 6.45) is 14.7. The second-order valence-corrected chi connectivity index (χ2v) is 8.55. The molecule has 1 aliphatic heterocycles. The first kappa shape index (κ1) is 21.6. The fraction of sp³-hybridized carbons (Fsp3) is 0.696. The van der Waals surface area contributed by atoms with Gasteiger partial charge in [0.15, 0.2) is 0 Å². The number of carbonyl (C=O) groups excluding carboxylic acids is 3. The molecule has 160 valence electrons. The van der Waals surface area contributed by atoms with Crippen molar-refractivity contribution in [2.75, 3.05) is 19.6 Å². The summed E-state index contributed by atoms with van der Waals surface area (Å²) in [5.41, 5.74) is 0. The van der Waals surface area contributed by atoms with Gasteiger partial charge in [0.2, 0.25) is 11.8 Å². The van der Waals surface area contributed by atoms with E-state index < -0.39 is 0 Å². The molecule has 2 aliphatic carbocycles. The van der Waals surface area contributed by atoms with Gasteiger partial charge in [0.25, 0.3) is 0 Å². The predicted molar refractivity (Wildman–Crippen MR) is 111 cm³/mol. The summed E-state index contributed by atoms with van der Waals surface area (Å²) in [7, 11) is 0. The smallest absolute Gasteiger partial charge is 0.309 e. The monoisotopic (exact) mass is 402 g/mol. The molecule has 3 aliphatic rings. The van der Waals surface area contributed by atoms with Crippen LogP contribution in [0.15, 0.2) is 24.3 Å². The third-order valence-electron chi connectivity index (χ3n) is 6.28. The van der Waals surface area contributed by atoms with Crippen LogP contribution in [0.25, 0.3) is 0 Å². The highest BCUT2D eigenvalue weighted by Gasteiger charge is 2.32. The minimum absolute atomic E-state index is 0.0319. The van der Waals surface area contributed by atoms with Crippen LogP contribution in [0.5, 0.6) is 0 Å². The molecule has 3 unspecified atom stereocenters. The number of hydrogen-bond donors (Lipinski definition) is 1. The van der Waals surface area contributed by atoms with Crippen molar-refractivity contribution in [1.82, 2.24) is 10.2 Å². The predicted octanol–water partition coefficient (Wildman–Crippen LogP) is 2.99. The second kappa shape index (κ2) is 10.6. The molecule has 6 heteroatoms. The van der Waals surface area contributed by atoms with Crippen LogP contribution < -0.4 is 5.32 Å². The van der Waals surface area contributed by atoms with Gasteiger partial charge in [-0.15, -0.1) is 0 Å². The maximum absolute atomic E-state index is 12.6. The lowest BCUT2D eigenvalue weighted by molar-refractivity contribution is -0.156. The lowest BCUT2D eigenvalue weighted by atomic mass is 9.91. The molecule has 1 fully saturated rings. The average Bonchev–Trinajstić information content (AvgIpc) is 2.78. The van der Waals surface area contributed by atoms with Gasteiger partial charge in [-0.05, 0) is 58.3 Å². The molecule has 0 aromatic rings. The van der Waals surface area contributed by atoms with Crippen molar-refractivity contribution >= 4 is 17.8 Å². The van der Waals surface area contributed by atoms with Crippen LogP contribution in [0.2, 0.25) is 0 Å². The van der Waals surface area contributed by atoms with Crippen molar-refractivity contribution < 1.29 is 19.1 Å².